The van der Waals surface area contributed by atoms with Gasteiger partial charge in [0, 0.05) is 6.54 Å². The van der Waals surface area contributed by atoms with Crippen molar-refractivity contribution in [3.05, 3.63) is 35.9 Å². The van der Waals surface area contributed by atoms with Crippen LogP contribution in [0.25, 0.3) is 0 Å². The fraction of sp³-hybridized carbons (Fsp3) is 0.467. The fourth-order valence-electron chi connectivity index (χ4n) is 1.74. The molecule has 1 amide bonds. The second-order valence-electron chi connectivity index (χ2n) is 4.95. The zero-order valence-electron chi connectivity index (χ0n) is 12.8. The lowest BCUT2D eigenvalue weighted by atomic mass is 10.1. The van der Waals surface area contributed by atoms with Gasteiger partial charge >= 0.3 is 18.1 Å². The summed E-state index contributed by atoms with van der Waals surface area (Å²) in [5.74, 6) is -2.53. The smallest absolute Gasteiger partial charge is 0.460 e. The molecule has 0 saturated carbocycles. The highest BCUT2D eigenvalue weighted by atomic mass is 35.5. The molecule has 1 atom stereocenters. The van der Waals surface area contributed by atoms with Crippen molar-refractivity contribution in [2.24, 2.45) is 5.73 Å². The first-order valence-electron chi connectivity index (χ1n) is 7.12. The van der Waals surface area contributed by atoms with E-state index >= 15 is 0 Å². The number of benzene rings is 1. The number of ether oxygens (including phenoxy) is 1. The van der Waals surface area contributed by atoms with Crippen LogP contribution < -0.4 is 11.1 Å². The fourth-order valence-corrected chi connectivity index (χ4v) is 1.74. The molecule has 5 nitrogen and oxygen atoms in total. The van der Waals surface area contributed by atoms with Crippen LogP contribution in [0.5, 0.6) is 0 Å². The van der Waals surface area contributed by atoms with Gasteiger partial charge in [-0.1, -0.05) is 30.3 Å². The Morgan fingerprint density at radius 3 is 2.38 bits per heavy atom. The van der Waals surface area contributed by atoms with Crippen LogP contribution in [0, 0.1) is 0 Å². The van der Waals surface area contributed by atoms with E-state index in [1.807, 2.05) is 30.3 Å². The molecule has 0 aliphatic carbocycles. The van der Waals surface area contributed by atoms with Crippen LogP contribution in [-0.4, -0.2) is 30.6 Å². The maximum absolute atomic E-state index is 11.9. The van der Waals surface area contributed by atoms with Crippen LogP contribution in [0.1, 0.15) is 24.8 Å². The number of amides is 1. The molecule has 0 bridgehead atoms. The van der Waals surface area contributed by atoms with Crippen molar-refractivity contribution in [1.29, 1.82) is 0 Å². The molecular formula is C15H20ClF3N2O3. The maximum atomic E-state index is 11.9. The molecule has 0 unspecified atom stereocenters. The Morgan fingerprint density at radius 1 is 1.17 bits per heavy atom. The SMILES string of the molecule is Cl.N[C@@H](CCCCNC(=O)C(F)(F)F)C(=O)OCc1ccccc1. The molecule has 0 aliphatic heterocycles. The summed E-state index contributed by atoms with van der Waals surface area (Å²) in [6.07, 6.45) is -3.91. The highest BCUT2D eigenvalue weighted by Crippen LogP contribution is 2.14. The molecule has 1 aromatic carbocycles. The van der Waals surface area contributed by atoms with E-state index in [2.05, 4.69) is 0 Å². The average molecular weight is 369 g/mol. The molecule has 1 aromatic rings. The lowest BCUT2D eigenvalue weighted by Crippen LogP contribution is -2.37. The van der Waals surface area contributed by atoms with Crippen LogP contribution in [-0.2, 0) is 20.9 Å². The van der Waals surface area contributed by atoms with Crippen molar-refractivity contribution in [3.63, 3.8) is 0 Å². The predicted octanol–water partition coefficient (Wildman–Crippen LogP) is 2.33. The molecule has 3 N–H and O–H groups in total. The topological polar surface area (TPSA) is 81.4 Å². The standard InChI is InChI=1S/C15H19F3N2O3.ClH/c16-15(17,18)14(22)20-9-5-4-8-12(19)13(21)23-10-11-6-2-1-3-7-11;/h1-3,6-7,12H,4-5,8-10,19H2,(H,20,22);1H/t12-;/m0./s1. The quantitative estimate of drug-likeness (QED) is 0.545. The zero-order chi connectivity index (χ0) is 17.3. The number of alkyl halides is 3. The third kappa shape index (κ3) is 8.73. The molecule has 24 heavy (non-hydrogen) atoms. The summed E-state index contributed by atoms with van der Waals surface area (Å²) >= 11 is 0. The molecule has 0 fully saturated rings. The first-order chi connectivity index (χ1) is 10.8. The van der Waals surface area contributed by atoms with E-state index in [4.69, 9.17) is 10.5 Å². The Kier molecular flexibility index (Phi) is 10.1. The van der Waals surface area contributed by atoms with Crippen LogP contribution in [0.3, 0.4) is 0 Å². The first-order valence-corrected chi connectivity index (χ1v) is 7.12. The Labute approximate surface area is 144 Å². The third-order valence-electron chi connectivity index (χ3n) is 3.01. The highest BCUT2D eigenvalue weighted by Gasteiger charge is 2.38. The Balaban J connectivity index is 0.00000529. The van der Waals surface area contributed by atoms with Crippen molar-refractivity contribution < 1.29 is 27.5 Å². The van der Waals surface area contributed by atoms with Gasteiger partial charge in [-0.2, -0.15) is 13.2 Å². The van der Waals surface area contributed by atoms with E-state index in [0.717, 1.165) is 5.56 Å². The molecule has 0 heterocycles. The molecule has 0 spiro atoms. The normalized spacial score (nSPS) is 12.0. The second kappa shape index (κ2) is 10.9. The molecule has 136 valence electrons. The number of halogens is 4. The van der Waals surface area contributed by atoms with E-state index in [9.17, 15) is 22.8 Å². The summed E-state index contributed by atoms with van der Waals surface area (Å²) in [7, 11) is 0. The van der Waals surface area contributed by atoms with Gasteiger partial charge in [-0.3, -0.25) is 9.59 Å². The number of nitrogens with one attached hydrogen (secondary N) is 1. The molecular weight excluding hydrogens is 349 g/mol. The summed E-state index contributed by atoms with van der Waals surface area (Å²) in [6, 6.07) is 8.26. The van der Waals surface area contributed by atoms with Gasteiger partial charge in [-0.25, -0.2) is 0 Å². The largest absolute Gasteiger partial charge is 0.471 e. The lowest BCUT2D eigenvalue weighted by molar-refractivity contribution is -0.173. The Bertz CT molecular complexity index is 512. The van der Waals surface area contributed by atoms with Gasteiger partial charge in [0.1, 0.15) is 12.6 Å². The van der Waals surface area contributed by atoms with Crippen molar-refractivity contribution in [1.82, 2.24) is 5.32 Å². The minimum absolute atomic E-state index is 0. The van der Waals surface area contributed by atoms with Crippen LogP contribution in [0.15, 0.2) is 30.3 Å². The minimum Gasteiger partial charge on any atom is -0.460 e. The summed E-state index contributed by atoms with van der Waals surface area (Å²) in [5, 5.41) is 1.75. The van der Waals surface area contributed by atoms with Crippen LogP contribution in [0.2, 0.25) is 0 Å². The van der Waals surface area contributed by atoms with Crippen molar-refractivity contribution >= 4 is 24.3 Å². The molecule has 1 rings (SSSR count). The summed E-state index contributed by atoms with van der Waals surface area (Å²) in [6.45, 7) is -0.000854. The van der Waals surface area contributed by atoms with E-state index in [-0.39, 0.29) is 32.0 Å². The van der Waals surface area contributed by atoms with E-state index in [1.54, 1.807) is 5.32 Å². The number of hydrogen-bond donors (Lipinski definition) is 2. The third-order valence-corrected chi connectivity index (χ3v) is 3.01. The van der Waals surface area contributed by atoms with Gasteiger partial charge < -0.3 is 15.8 Å². The summed E-state index contributed by atoms with van der Waals surface area (Å²) in [5.41, 5.74) is 6.49. The maximum Gasteiger partial charge on any atom is 0.471 e. The van der Waals surface area contributed by atoms with Gasteiger partial charge in [0.25, 0.3) is 0 Å². The number of nitrogens with two attached hydrogens (primary N) is 1. The number of carbonyl (C=O) groups is 2. The van der Waals surface area contributed by atoms with Crippen LogP contribution >= 0.6 is 12.4 Å². The van der Waals surface area contributed by atoms with Gasteiger partial charge in [-0.15, -0.1) is 12.4 Å². The Hall–Kier alpha value is -1.80. The zero-order valence-corrected chi connectivity index (χ0v) is 13.7. The predicted molar refractivity (Wildman–Crippen MR) is 84.4 cm³/mol. The van der Waals surface area contributed by atoms with E-state index in [0.29, 0.717) is 12.8 Å². The van der Waals surface area contributed by atoms with Gasteiger partial charge in [-0.05, 0) is 24.8 Å². The van der Waals surface area contributed by atoms with Crippen LogP contribution in [0.4, 0.5) is 13.2 Å². The van der Waals surface area contributed by atoms with Crippen molar-refractivity contribution in [2.75, 3.05) is 6.54 Å². The van der Waals surface area contributed by atoms with Gasteiger partial charge in [0.2, 0.25) is 0 Å². The number of hydrogen-bond acceptors (Lipinski definition) is 4. The first kappa shape index (κ1) is 22.2. The van der Waals surface area contributed by atoms with Gasteiger partial charge in [0.05, 0.1) is 0 Å². The number of carbonyl (C=O) groups excluding carboxylic acids is 2. The Morgan fingerprint density at radius 2 is 1.79 bits per heavy atom. The lowest BCUT2D eigenvalue weighted by Gasteiger charge is -2.12. The summed E-state index contributed by atoms with van der Waals surface area (Å²) < 4.78 is 40.8. The van der Waals surface area contributed by atoms with Crippen molar-refractivity contribution in [3.8, 4) is 0 Å². The minimum atomic E-state index is -4.88. The molecule has 0 aliphatic rings. The molecule has 0 saturated heterocycles. The number of esters is 1. The average Bonchev–Trinajstić information content (AvgIpc) is 2.51. The van der Waals surface area contributed by atoms with Gasteiger partial charge in [0.15, 0.2) is 0 Å². The van der Waals surface area contributed by atoms with Crippen molar-refractivity contribution in [2.45, 2.75) is 38.1 Å². The molecule has 0 radical (unpaired) electrons. The van der Waals surface area contributed by atoms with E-state index in [1.165, 1.54) is 0 Å². The highest BCUT2D eigenvalue weighted by molar-refractivity contribution is 5.85. The number of rotatable bonds is 8. The molecule has 9 heteroatoms. The second-order valence-corrected chi connectivity index (χ2v) is 4.95. The summed E-state index contributed by atoms with van der Waals surface area (Å²) in [4.78, 5) is 22.2. The van der Waals surface area contributed by atoms with E-state index < -0.39 is 24.1 Å². The monoisotopic (exact) mass is 368 g/mol. The molecule has 0 aromatic heterocycles. The number of unbranched alkanes of at least 4 members (excludes halogenated alkanes) is 1.